The van der Waals surface area contributed by atoms with E-state index >= 15 is 0 Å². The molecule has 0 heterocycles. The smallest absolute Gasteiger partial charge is 0.200 e. The van der Waals surface area contributed by atoms with Gasteiger partial charge in [0.1, 0.15) is 0 Å². The normalized spacial score (nSPS) is 12.0. The summed E-state index contributed by atoms with van der Waals surface area (Å²) in [5, 5.41) is 39.4. The number of phenols is 3. The van der Waals surface area contributed by atoms with Gasteiger partial charge in [0.05, 0.1) is 5.60 Å². The van der Waals surface area contributed by atoms with E-state index in [2.05, 4.69) is 0 Å². The first-order valence-corrected chi connectivity index (χ1v) is 7.50. The average molecular weight is 314 g/mol. The summed E-state index contributed by atoms with van der Waals surface area (Å²) in [6.45, 7) is 3.23. The zero-order valence-corrected chi connectivity index (χ0v) is 13.3. The number of aryl methyl sites for hydroxylation is 2. The molecule has 0 saturated heterocycles. The highest BCUT2D eigenvalue weighted by Gasteiger charge is 2.16. The van der Waals surface area contributed by atoms with Crippen molar-refractivity contribution in [3.63, 3.8) is 0 Å². The molecule has 0 radical (unpaired) electrons. The van der Waals surface area contributed by atoms with Gasteiger partial charge in [-0.3, -0.25) is 0 Å². The summed E-state index contributed by atoms with van der Waals surface area (Å²) in [6, 6.07) is 11.3. The Morgan fingerprint density at radius 1 is 0.957 bits per heavy atom. The van der Waals surface area contributed by atoms with Crippen molar-refractivity contribution in [1.82, 2.24) is 0 Å². The second kappa shape index (κ2) is 6.75. The summed E-state index contributed by atoms with van der Waals surface area (Å²) in [5.41, 5.74) is 1.19. The molecule has 0 amide bonds. The molecule has 4 nitrogen and oxygen atoms in total. The molecule has 2 aromatic carbocycles. The molecule has 0 atom stereocenters. The van der Waals surface area contributed by atoms with E-state index in [1.165, 1.54) is 12.1 Å². The fourth-order valence-corrected chi connectivity index (χ4v) is 2.32. The lowest BCUT2D eigenvalue weighted by molar-refractivity contribution is 0.134. The number of hydrogen-bond donors (Lipinski definition) is 4. The maximum atomic E-state index is 10.1. The van der Waals surface area contributed by atoms with Gasteiger partial charge in [0, 0.05) is 5.56 Å². The molecule has 0 aliphatic heterocycles. The molecule has 0 saturated carbocycles. The predicted molar refractivity (Wildman–Crippen MR) is 90.6 cm³/mol. The van der Waals surface area contributed by atoms with E-state index in [9.17, 15) is 20.4 Å². The molecule has 4 N–H and O–H groups in total. The summed E-state index contributed by atoms with van der Waals surface area (Å²) in [4.78, 5) is 0. The number of rotatable bonds is 5. The Balaban J connectivity index is 2.35. The van der Waals surface area contributed by atoms with Crippen LogP contribution in [-0.2, 0) is 12.8 Å². The van der Waals surface area contributed by atoms with Crippen LogP contribution in [0.2, 0.25) is 0 Å². The number of phenolic OH excluding ortho intramolecular Hbond substituents is 3. The molecule has 0 aromatic heterocycles. The summed E-state index contributed by atoms with van der Waals surface area (Å²) < 4.78 is 0. The van der Waals surface area contributed by atoms with Gasteiger partial charge in [-0.15, -0.1) is 0 Å². The van der Waals surface area contributed by atoms with Crippen molar-refractivity contribution in [2.45, 2.75) is 32.3 Å². The monoisotopic (exact) mass is 314 g/mol. The van der Waals surface area contributed by atoms with E-state index in [0.717, 1.165) is 12.0 Å². The lowest BCUT2D eigenvalue weighted by atomic mass is 9.96. The Morgan fingerprint density at radius 2 is 1.61 bits per heavy atom. The van der Waals surface area contributed by atoms with Gasteiger partial charge in [-0.1, -0.05) is 42.5 Å². The standard InChI is InChI=1S/C19H22O4/c1-19(2,23)11-10-15-14(12-16(20)18(22)17(15)21)9-8-13-6-4-3-5-7-13/h3-7,10-12,20-23H,8-9H2,1-2H3. The second-order valence-electron chi connectivity index (χ2n) is 6.14. The van der Waals surface area contributed by atoms with E-state index in [1.54, 1.807) is 19.9 Å². The molecule has 2 rings (SSSR count). The Kier molecular flexibility index (Phi) is 4.96. The molecule has 0 aliphatic rings. The molecule has 0 spiro atoms. The van der Waals surface area contributed by atoms with Crippen molar-refractivity contribution in [1.29, 1.82) is 0 Å². The number of aliphatic hydroxyl groups is 1. The van der Waals surface area contributed by atoms with E-state index in [4.69, 9.17) is 0 Å². The summed E-state index contributed by atoms with van der Waals surface area (Å²) in [6.07, 6.45) is 4.41. The Bertz CT molecular complexity index is 698. The number of aromatic hydroxyl groups is 3. The summed E-state index contributed by atoms with van der Waals surface area (Å²) in [5.74, 6) is -1.29. The van der Waals surface area contributed by atoms with Gasteiger partial charge >= 0.3 is 0 Å². The van der Waals surface area contributed by atoms with Gasteiger partial charge in [-0.25, -0.2) is 0 Å². The zero-order chi connectivity index (χ0) is 17.0. The van der Waals surface area contributed by atoms with Crippen molar-refractivity contribution in [2.75, 3.05) is 0 Å². The first-order valence-electron chi connectivity index (χ1n) is 7.50. The molecular weight excluding hydrogens is 292 g/mol. The van der Waals surface area contributed by atoms with Crippen LogP contribution in [0.25, 0.3) is 6.08 Å². The molecule has 2 aromatic rings. The third kappa shape index (κ3) is 4.50. The number of hydrogen-bond acceptors (Lipinski definition) is 4. The fourth-order valence-electron chi connectivity index (χ4n) is 2.32. The minimum absolute atomic E-state index is 0.356. The molecule has 0 unspecified atom stereocenters. The highest BCUT2D eigenvalue weighted by Crippen LogP contribution is 2.40. The van der Waals surface area contributed by atoms with Crippen LogP contribution in [0.15, 0.2) is 42.5 Å². The zero-order valence-electron chi connectivity index (χ0n) is 13.3. The van der Waals surface area contributed by atoms with Crippen molar-refractivity contribution in [3.8, 4) is 17.2 Å². The average Bonchev–Trinajstić information content (AvgIpc) is 2.50. The lowest BCUT2D eigenvalue weighted by Gasteiger charge is -2.14. The lowest BCUT2D eigenvalue weighted by Crippen LogP contribution is -2.13. The van der Waals surface area contributed by atoms with Gasteiger partial charge in [0.15, 0.2) is 11.5 Å². The van der Waals surface area contributed by atoms with Crippen LogP contribution in [-0.4, -0.2) is 26.0 Å². The van der Waals surface area contributed by atoms with Crippen LogP contribution < -0.4 is 0 Å². The first kappa shape index (κ1) is 16.9. The van der Waals surface area contributed by atoms with E-state index < -0.39 is 11.4 Å². The molecule has 0 aliphatic carbocycles. The van der Waals surface area contributed by atoms with E-state index in [1.807, 2.05) is 30.3 Å². The molecule has 0 bridgehead atoms. The van der Waals surface area contributed by atoms with Gasteiger partial charge < -0.3 is 20.4 Å². The van der Waals surface area contributed by atoms with Crippen LogP contribution in [0, 0.1) is 0 Å². The van der Waals surface area contributed by atoms with E-state index in [0.29, 0.717) is 17.5 Å². The molecular formula is C19H22O4. The van der Waals surface area contributed by atoms with Gasteiger partial charge in [0.25, 0.3) is 0 Å². The van der Waals surface area contributed by atoms with Gasteiger partial charge in [-0.05, 0) is 43.9 Å². The summed E-state index contributed by atoms with van der Waals surface area (Å²) in [7, 11) is 0. The van der Waals surface area contributed by atoms with Gasteiger partial charge in [-0.2, -0.15) is 0 Å². The van der Waals surface area contributed by atoms with Crippen molar-refractivity contribution in [2.24, 2.45) is 0 Å². The van der Waals surface area contributed by atoms with Crippen molar-refractivity contribution < 1.29 is 20.4 Å². The quantitative estimate of drug-likeness (QED) is 0.638. The molecule has 4 heteroatoms. The molecule has 0 fully saturated rings. The molecule has 23 heavy (non-hydrogen) atoms. The Morgan fingerprint density at radius 3 is 2.22 bits per heavy atom. The predicted octanol–water partition coefficient (Wildman–Crippen LogP) is 3.37. The van der Waals surface area contributed by atoms with Crippen LogP contribution in [0.3, 0.4) is 0 Å². The highest BCUT2D eigenvalue weighted by atomic mass is 16.3. The third-order valence-corrected chi connectivity index (χ3v) is 3.56. The van der Waals surface area contributed by atoms with E-state index in [-0.39, 0.29) is 11.5 Å². The summed E-state index contributed by atoms with van der Waals surface area (Å²) >= 11 is 0. The fraction of sp³-hybridized carbons (Fsp3) is 0.263. The largest absolute Gasteiger partial charge is 0.504 e. The minimum atomic E-state index is -1.04. The Hall–Kier alpha value is -2.46. The first-order chi connectivity index (χ1) is 10.8. The van der Waals surface area contributed by atoms with Crippen LogP contribution in [0.5, 0.6) is 17.2 Å². The van der Waals surface area contributed by atoms with Gasteiger partial charge in [0.2, 0.25) is 5.75 Å². The van der Waals surface area contributed by atoms with Crippen molar-refractivity contribution in [3.05, 3.63) is 59.2 Å². The second-order valence-corrected chi connectivity index (χ2v) is 6.14. The number of benzene rings is 2. The maximum Gasteiger partial charge on any atom is 0.200 e. The molecule has 122 valence electrons. The van der Waals surface area contributed by atoms with Crippen molar-refractivity contribution >= 4 is 6.08 Å². The van der Waals surface area contributed by atoms with Crippen LogP contribution >= 0.6 is 0 Å². The third-order valence-electron chi connectivity index (χ3n) is 3.56. The van der Waals surface area contributed by atoms with Crippen LogP contribution in [0.1, 0.15) is 30.5 Å². The topological polar surface area (TPSA) is 80.9 Å². The SMILES string of the molecule is CC(C)(O)C=Cc1c(CCc2ccccc2)cc(O)c(O)c1O. The highest BCUT2D eigenvalue weighted by molar-refractivity contribution is 5.69. The van der Waals surface area contributed by atoms with Crippen LogP contribution in [0.4, 0.5) is 0 Å². The Labute approximate surface area is 136 Å². The maximum absolute atomic E-state index is 10.1. The minimum Gasteiger partial charge on any atom is -0.504 e.